The third-order valence-corrected chi connectivity index (χ3v) is 5.87. The molecule has 6 atom stereocenters. The van der Waals surface area contributed by atoms with E-state index >= 15 is 0 Å². The summed E-state index contributed by atoms with van der Waals surface area (Å²) in [4.78, 5) is 36.0. The summed E-state index contributed by atoms with van der Waals surface area (Å²) >= 11 is 0. The Kier molecular flexibility index (Phi) is 2.34. The first-order chi connectivity index (χ1) is 8.77. The van der Waals surface area contributed by atoms with Crippen molar-refractivity contribution in [2.75, 3.05) is 7.11 Å². The van der Waals surface area contributed by atoms with Crippen LogP contribution in [0, 0.1) is 34.5 Å². The lowest BCUT2D eigenvalue weighted by Crippen LogP contribution is -2.33. The third-order valence-electron chi connectivity index (χ3n) is 5.87. The summed E-state index contributed by atoms with van der Waals surface area (Å²) in [6.45, 7) is 5.37. The molecule has 4 heteroatoms. The number of rotatable bonds is 3. The number of fused-ring (bicyclic) bond motifs is 1. The fourth-order valence-electron chi connectivity index (χ4n) is 5.12. The topological polar surface area (TPSA) is 60.4 Å². The molecule has 104 valence electrons. The van der Waals surface area contributed by atoms with Crippen molar-refractivity contribution in [3.8, 4) is 0 Å². The Morgan fingerprint density at radius 1 is 1.37 bits per heavy atom. The van der Waals surface area contributed by atoms with E-state index in [1.165, 1.54) is 14.0 Å². The number of carbonyl (C=O) groups is 3. The van der Waals surface area contributed by atoms with Crippen molar-refractivity contribution in [1.29, 1.82) is 0 Å². The molecule has 3 fully saturated rings. The first kappa shape index (κ1) is 12.8. The summed E-state index contributed by atoms with van der Waals surface area (Å²) in [5, 5.41) is 0. The second-order valence-corrected chi connectivity index (χ2v) is 7.01. The van der Waals surface area contributed by atoms with Gasteiger partial charge in [0.15, 0.2) is 0 Å². The minimum Gasteiger partial charge on any atom is -0.469 e. The van der Waals surface area contributed by atoms with Crippen LogP contribution in [0.2, 0.25) is 0 Å². The van der Waals surface area contributed by atoms with E-state index in [0.29, 0.717) is 18.8 Å². The average Bonchev–Trinajstić information content (AvgIpc) is 2.95. The van der Waals surface area contributed by atoms with Crippen LogP contribution in [0.4, 0.5) is 0 Å². The maximum atomic E-state index is 12.6. The first-order valence-electron chi connectivity index (χ1n) is 6.89. The normalized spacial score (nSPS) is 50.0. The van der Waals surface area contributed by atoms with Gasteiger partial charge in [0.2, 0.25) is 0 Å². The molecule has 0 N–H and O–H groups in total. The molecule has 3 rings (SSSR count). The van der Waals surface area contributed by atoms with Crippen molar-refractivity contribution in [1.82, 2.24) is 0 Å². The SMILES string of the molecule is COC(=O)[C@]1(C)C[C@@H]2[C@H]3C(C(=O)[C@@]2(C)CC(C)=O)C31. The number of hydrogen-bond donors (Lipinski definition) is 0. The van der Waals surface area contributed by atoms with Crippen LogP contribution in [0.25, 0.3) is 0 Å². The maximum Gasteiger partial charge on any atom is 0.311 e. The first-order valence-corrected chi connectivity index (χ1v) is 6.89. The van der Waals surface area contributed by atoms with Crippen LogP contribution in [0.1, 0.15) is 33.6 Å². The zero-order valence-electron chi connectivity index (χ0n) is 11.9. The van der Waals surface area contributed by atoms with Crippen LogP contribution in [-0.4, -0.2) is 24.6 Å². The number of ketones is 2. The minimum absolute atomic E-state index is 0.00722. The molecule has 0 radical (unpaired) electrons. The van der Waals surface area contributed by atoms with E-state index in [4.69, 9.17) is 4.74 Å². The second-order valence-electron chi connectivity index (χ2n) is 7.01. The van der Waals surface area contributed by atoms with Crippen molar-refractivity contribution >= 4 is 17.5 Å². The van der Waals surface area contributed by atoms with Gasteiger partial charge in [0.25, 0.3) is 0 Å². The monoisotopic (exact) mass is 264 g/mol. The molecule has 0 amide bonds. The number of methoxy groups -OCH3 is 1. The van der Waals surface area contributed by atoms with Gasteiger partial charge in [-0.3, -0.25) is 14.4 Å². The highest BCUT2D eigenvalue weighted by Crippen LogP contribution is 2.78. The number of ether oxygens (including phenoxy) is 1. The number of carbonyl (C=O) groups excluding carboxylic acids is 3. The summed E-state index contributed by atoms with van der Waals surface area (Å²) in [6.07, 6.45) is 0.995. The number of hydrogen-bond acceptors (Lipinski definition) is 4. The van der Waals surface area contributed by atoms with Gasteiger partial charge < -0.3 is 4.74 Å². The lowest BCUT2D eigenvalue weighted by atomic mass is 9.72. The molecule has 0 aliphatic heterocycles. The Balaban J connectivity index is 1.94. The molecule has 4 nitrogen and oxygen atoms in total. The lowest BCUT2D eigenvalue weighted by Gasteiger charge is -2.30. The van der Waals surface area contributed by atoms with Crippen LogP contribution in [0.15, 0.2) is 0 Å². The Morgan fingerprint density at radius 2 is 2.00 bits per heavy atom. The molecule has 0 aromatic carbocycles. The minimum atomic E-state index is -0.552. The summed E-state index contributed by atoms with van der Waals surface area (Å²) in [6, 6.07) is 0. The van der Waals surface area contributed by atoms with E-state index in [2.05, 4.69) is 0 Å². The lowest BCUT2D eigenvalue weighted by molar-refractivity contribution is -0.153. The Morgan fingerprint density at radius 3 is 2.47 bits per heavy atom. The van der Waals surface area contributed by atoms with Gasteiger partial charge in [0, 0.05) is 17.8 Å². The van der Waals surface area contributed by atoms with E-state index in [-0.39, 0.29) is 35.3 Å². The van der Waals surface area contributed by atoms with Crippen LogP contribution in [0.5, 0.6) is 0 Å². The standard InChI is InChI=1S/C15H20O4/c1-7(16)5-14(2)8-6-15(3,13(18)19-4)11-9(8)10(11)12(14)17/h8-11H,5-6H2,1-4H3/t8-,9+,10?,11?,14+,15-/m1/s1. The van der Waals surface area contributed by atoms with Crippen molar-refractivity contribution in [2.24, 2.45) is 34.5 Å². The molecule has 3 aliphatic carbocycles. The van der Waals surface area contributed by atoms with Crippen molar-refractivity contribution < 1.29 is 19.1 Å². The molecule has 2 unspecified atom stereocenters. The molecular weight excluding hydrogens is 244 g/mol. The predicted octanol–water partition coefficient (Wildman–Crippen LogP) is 1.62. The van der Waals surface area contributed by atoms with Gasteiger partial charge in [-0.05, 0) is 38.0 Å². The highest BCUT2D eigenvalue weighted by molar-refractivity contribution is 5.99. The quantitative estimate of drug-likeness (QED) is 0.727. The maximum absolute atomic E-state index is 12.6. The smallest absolute Gasteiger partial charge is 0.311 e. The van der Waals surface area contributed by atoms with Gasteiger partial charge in [-0.1, -0.05) is 6.92 Å². The summed E-state index contributed by atoms with van der Waals surface area (Å²) in [5.74, 6) is 0.678. The zero-order chi connectivity index (χ0) is 14.2. The average molecular weight is 264 g/mol. The van der Waals surface area contributed by atoms with Crippen LogP contribution in [-0.2, 0) is 19.1 Å². The third kappa shape index (κ3) is 1.32. The summed E-state index contributed by atoms with van der Waals surface area (Å²) < 4.78 is 4.93. The number of esters is 1. The van der Waals surface area contributed by atoms with Crippen molar-refractivity contribution in [3.63, 3.8) is 0 Å². The second kappa shape index (κ2) is 3.47. The van der Waals surface area contributed by atoms with Crippen LogP contribution < -0.4 is 0 Å². The fraction of sp³-hybridized carbons (Fsp3) is 0.800. The predicted molar refractivity (Wildman–Crippen MR) is 67.1 cm³/mol. The van der Waals surface area contributed by atoms with Gasteiger partial charge >= 0.3 is 5.97 Å². The molecule has 0 heterocycles. The molecular formula is C15H20O4. The summed E-state index contributed by atoms with van der Waals surface area (Å²) in [5.41, 5.74) is -1.08. The van der Waals surface area contributed by atoms with Gasteiger partial charge in [0.1, 0.15) is 11.6 Å². The molecule has 0 bridgehead atoms. The van der Waals surface area contributed by atoms with Crippen LogP contribution in [0.3, 0.4) is 0 Å². The van der Waals surface area contributed by atoms with Gasteiger partial charge in [-0.25, -0.2) is 0 Å². The van der Waals surface area contributed by atoms with Gasteiger partial charge in [-0.15, -0.1) is 0 Å². The molecule has 0 aromatic heterocycles. The zero-order valence-corrected chi connectivity index (χ0v) is 11.9. The highest BCUT2D eigenvalue weighted by atomic mass is 16.5. The van der Waals surface area contributed by atoms with Gasteiger partial charge in [-0.2, -0.15) is 0 Å². The highest BCUT2D eigenvalue weighted by Gasteiger charge is 2.81. The van der Waals surface area contributed by atoms with E-state index in [1.54, 1.807) is 0 Å². The molecule has 0 spiro atoms. The Labute approximate surface area is 112 Å². The fourth-order valence-corrected chi connectivity index (χ4v) is 5.12. The van der Waals surface area contributed by atoms with Crippen molar-refractivity contribution in [2.45, 2.75) is 33.6 Å². The Bertz CT molecular complexity index is 496. The molecule has 0 aromatic rings. The van der Waals surface area contributed by atoms with E-state index in [1.807, 2.05) is 13.8 Å². The van der Waals surface area contributed by atoms with E-state index < -0.39 is 10.8 Å². The number of Topliss-reactive ketones (excluding diaryl/α,β-unsaturated/α-hetero) is 2. The molecule has 3 aliphatic rings. The van der Waals surface area contributed by atoms with Gasteiger partial charge in [0.05, 0.1) is 12.5 Å². The van der Waals surface area contributed by atoms with Crippen molar-refractivity contribution in [3.05, 3.63) is 0 Å². The molecule has 3 saturated carbocycles. The molecule has 19 heavy (non-hydrogen) atoms. The molecule has 0 saturated heterocycles. The Hall–Kier alpha value is -1.19. The van der Waals surface area contributed by atoms with E-state index in [0.717, 1.165) is 0 Å². The largest absolute Gasteiger partial charge is 0.469 e. The summed E-state index contributed by atoms with van der Waals surface area (Å²) in [7, 11) is 1.40. The van der Waals surface area contributed by atoms with E-state index in [9.17, 15) is 14.4 Å². The van der Waals surface area contributed by atoms with Crippen LogP contribution >= 0.6 is 0 Å².